The smallest absolute Gasteiger partial charge is 0.293 e. The summed E-state index contributed by atoms with van der Waals surface area (Å²) in [5.74, 6) is -0.0774. The van der Waals surface area contributed by atoms with Gasteiger partial charge in [-0.3, -0.25) is 14.4 Å². The Hall–Kier alpha value is -4.96. The van der Waals surface area contributed by atoms with E-state index in [2.05, 4.69) is 27.4 Å². The fourth-order valence-corrected chi connectivity index (χ4v) is 6.13. The molecule has 1 atom stereocenters. The van der Waals surface area contributed by atoms with Crippen LogP contribution in [0.2, 0.25) is 0 Å². The monoisotopic (exact) mass is 620 g/mol. The van der Waals surface area contributed by atoms with Crippen molar-refractivity contribution in [1.29, 1.82) is 0 Å². The van der Waals surface area contributed by atoms with Gasteiger partial charge >= 0.3 is 0 Å². The van der Waals surface area contributed by atoms with E-state index in [1.165, 1.54) is 23.8 Å². The summed E-state index contributed by atoms with van der Waals surface area (Å²) >= 11 is 0. The van der Waals surface area contributed by atoms with Crippen LogP contribution in [-0.4, -0.2) is 65.2 Å². The van der Waals surface area contributed by atoms with Gasteiger partial charge in [-0.1, -0.05) is 12.1 Å². The Balaban J connectivity index is 1.18. The number of piperidine rings is 1. The molecule has 0 spiro atoms. The molecule has 1 unspecified atom stereocenters. The van der Waals surface area contributed by atoms with Gasteiger partial charge in [-0.15, -0.1) is 0 Å². The minimum Gasteiger partial charge on any atom is -0.378 e. The number of aryl methyl sites for hydroxylation is 1. The van der Waals surface area contributed by atoms with E-state index in [1.54, 1.807) is 42.4 Å². The number of hydrogen-bond acceptors (Lipinski definition) is 7. The summed E-state index contributed by atoms with van der Waals surface area (Å²) in [5.41, 5.74) is 5.52. The molecule has 4 aromatic rings. The maximum Gasteiger partial charge on any atom is 0.293 e. The van der Waals surface area contributed by atoms with Crippen LogP contribution in [0.15, 0.2) is 77.7 Å². The zero-order valence-corrected chi connectivity index (χ0v) is 26.6. The van der Waals surface area contributed by atoms with Crippen LogP contribution in [0, 0.1) is 6.92 Å². The lowest BCUT2D eigenvalue weighted by atomic mass is 10.0. The Labute approximate surface area is 269 Å². The summed E-state index contributed by atoms with van der Waals surface area (Å²) in [5, 5.41) is 6.19. The van der Waals surface area contributed by atoms with Gasteiger partial charge in [0, 0.05) is 72.7 Å². The molecular formula is C36H40N6O4. The van der Waals surface area contributed by atoms with Crippen LogP contribution in [-0.2, 0) is 11.8 Å². The molecule has 46 heavy (non-hydrogen) atoms. The van der Waals surface area contributed by atoms with Gasteiger partial charge in [0.25, 0.3) is 17.4 Å². The Morgan fingerprint density at radius 1 is 0.913 bits per heavy atom. The van der Waals surface area contributed by atoms with Crippen LogP contribution < -0.4 is 21.1 Å². The minimum atomic E-state index is -0.290. The third kappa shape index (κ3) is 6.67. The maximum atomic E-state index is 13.3. The van der Waals surface area contributed by atoms with Crippen molar-refractivity contribution in [3.8, 4) is 11.3 Å². The van der Waals surface area contributed by atoms with Crippen molar-refractivity contribution in [2.75, 3.05) is 48.4 Å². The molecule has 6 rings (SSSR count). The van der Waals surface area contributed by atoms with Gasteiger partial charge in [-0.25, -0.2) is 4.98 Å². The lowest BCUT2D eigenvalue weighted by Crippen LogP contribution is -2.40. The number of benzene rings is 3. The first-order chi connectivity index (χ1) is 22.3. The fraction of sp³-hybridized carbons (Fsp3) is 0.333. The number of nitrogens with zero attached hydrogens (tertiary/aromatic N) is 4. The highest BCUT2D eigenvalue weighted by Gasteiger charge is 2.20. The summed E-state index contributed by atoms with van der Waals surface area (Å²) < 4.78 is 6.83. The van der Waals surface area contributed by atoms with Crippen molar-refractivity contribution < 1.29 is 14.3 Å². The second-order valence-electron chi connectivity index (χ2n) is 12.0. The Bertz CT molecular complexity index is 1780. The first kappa shape index (κ1) is 31.0. The zero-order chi connectivity index (χ0) is 32.2. The highest BCUT2D eigenvalue weighted by molar-refractivity contribution is 6.05. The number of carbonyl (C=O) groups is 2. The molecule has 1 aromatic heterocycles. The highest BCUT2D eigenvalue weighted by atomic mass is 16.5. The predicted molar refractivity (Wildman–Crippen MR) is 181 cm³/mol. The van der Waals surface area contributed by atoms with E-state index in [0.717, 1.165) is 23.4 Å². The van der Waals surface area contributed by atoms with Crippen LogP contribution in [0.1, 0.15) is 52.5 Å². The van der Waals surface area contributed by atoms with Crippen LogP contribution in [0.4, 0.5) is 22.9 Å². The van der Waals surface area contributed by atoms with E-state index in [9.17, 15) is 14.4 Å². The molecule has 10 nitrogen and oxygen atoms in total. The lowest BCUT2D eigenvalue weighted by Gasteiger charge is -2.35. The molecule has 3 heterocycles. The highest BCUT2D eigenvalue weighted by Crippen LogP contribution is 2.29. The normalized spacial score (nSPS) is 16.6. The van der Waals surface area contributed by atoms with Crippen LogP contribution >= 0.6 is 0 Å². The van der Waals surface area contributed by atoms with Gasteiger partial charge in [0.15, 0.2) is 5.82 Å². The summed E-state index contributed by atoms with van der Waals surface area (Å²) in [6, 6.07) is 21.0. The van der Waals surface area contributed by atoms with E-state index in [0.29, 0.717) is 60.5 Å². The summed E-state index contributed by atoms with van der Waals surface area (Å²) in [4.78, 5) is 48.0. The number of aromatic nitrogens is 2. The van der Waals surface area contributed by atoms with E-state index in [1.807, 2.05) is 49.4 Å². The number of amides is 2. The lowest BCUT2D eigenvalue weighted by molar-refractivity contribution is 0.0303. The van der Waals surface area contributed by atoms with E-state index < -0.39 is 0 Å². The summed E-state index contributed by atoms with van der Waals surface area (Å²) in [6.45, 7) is 7.44. The molecule has 2 saturated heterocycles. The van der Waals surface area contributed by atoms with Gasteiger partial charge in [0.2, 0.25) is 0 Å². The summed E-state index contributed by atoms with van der Waals surface area (Å²) in [7, 11) is 1.68. The van der Waals surface area contributed by atoms with Crippen molar-refractivity contribution in [3.05, 3.63) is 100.0 Å². The predicted octanol–water partition coefficient (Wildman–Crippen LogP) is 5.60. The first-order valence-electron chi connectivity index (χ1n) is 15.9. The second kappa shape index (κ2) is 13.6. The van der Waals surface area contributed by atoms with Crippen molar-refractivity contribution in [3.63, 3.8) is 0 Å². The molecule has 0 saturated carbocycles. The zero-order valence-electron chi connectivity index (χ0n) is 26.6. The van der Waals surface area contributed by atoms with Gasteiger partial charge in [0.05, 0.1) is 18.9 Å². The van der Waals surface area contributed by atoms with Gasteiger partial charge in [-0.2, -0.15) is 0 Å². The van der Waals surface area contributed by atoms with Crippen molar-refractivity contribution >= 4 is 34.7 Å². The number of hydrogen-bond donors (Lipinski definition) is 2. The molecule has 10 heteroatoms. The molecule has 2 aliphatic heterocycles. The van der Waals surface area contributed by atoms with Gasteiger partial charge < -0.3 is 29.7 Å². The molecule has 3 aromatic carbocycles. The molecule has 0 aliphatic carbocycles. The molecular weight excluding hydrogens is 580 g/mol. The molecule has 2 amide bonds. The Morgan fingerprint density at radius 3 is 2.35 bits per heavy atom. The van der Waals surface area contributed by atoms with Crippen LogP contribution in [0.5, 0.6) is 0 Å². The van der Waals surface area contributed by atoms with Crippen molar-refractivity contribution in [2.24, 2.45) is 7.05 Å². The third-order valence-corrected chi connectivity index (χ3v) is 8.89. The van der Waals surface area contributed by atoms with Gasteiger partial charge in [0.1, 0.15) is 0 Å². The largest absolute Gasteiger partial charge is 0.378 e. The molecule has 0 bridgehead atoms. The fourth-order valence-electron chi connectivity index (χ4n) is 6.13. The molecule has 238 valence electrons. The van der Waals surface area contributed by atoms with E-state index in [4.69, 9.17) is 4.74 Å². The van der Waals surface area contributed by atoms with Crippen molar-refractivity contribution in [2.45, 2.75) is 39.2 Å². The van der Waals surface area contributed by atoms with Crippen molar-refractivity contribution in [1.82, 2.24) is 14.5 Å². The second-order valence-corrected chi connectivity index (χ2v) is 12.0. The number of nitrogens with one attached hydrogen (secondary N) is 2. The topological polar surface area (TPSA) is 109 Å². The average molecular weight is 621 g/mol. The van der Waals surface area contributed by atoms with Gasteiger partial charge in [-0.05, 0) is 93.3 Å². The van der Waals surface area contributed by atoms with Crippen LogP contribution in [0.3, 0.4) is 0 Å². The number of anilines is 4. The SMILES string of the molecule is Cc1c(NC(=O)c2ccc(N3CCCCC3C)cc2)cccc1-c1cn(C)c(=O)c(Nc2ccc(C(=O)N3CCOCC3)cc2)n1. The van der Waals surface area contributed by atoms with E-state index >= 15 is 0 Å². The number of morpholine rings is 1. The summed E-state index contributed by atoms with van der Waals surface area (Å²) in [6.07, 6.45) is 5.32. The molecule has 2 aliphatic rings. The maximum absolute atomic E-state index is 13.3. The molecule has 0 radical (unpaired) electrons. The Kier molecular flexibility index (Phi) is 9.16. The third-order valence-electron chi connectivity index (χ3n) is 8.89. The quantitative estimate of drug-likeness (QED) is 0.277. The molecule has 2 fully saturated rings. The standard InChI is InChI=1S/C36H40N6O4/c1-24-7-4-5-18-42(24)29-16-12-26(13-17-29)34(43)39-31-9-6-8-30(25(31)2)32-23-40(3)36(45)33(38-32)37-28-14-10-27(11-15-28)35(44)41-19-21-46-22-20-41/h6,8-17,23-24H,4-5,7,18-22H2,1-3H3,(H,37,38)(H,39,43). The number of carbonyl (C=O) groups excluding carboxylic acids is 2. The minimum absolute atomic E-state index is 0.0440. The first-order valence-corrected chi connectivity index (χ1v) is 15.9. The van der Waals surface area contributed by atoms with Crippen LogP contribution in [0.25, 0.3) is 11.3 Å². The average Bonchev–Trinajstić information content (AvgIpc) is 3.08. The van der Waals surface area contributed by atoms with E-state index in [-0.39, 0.29) is 23.2 Å². The molecule has 2 N–H and O–H groups in total. The number of rotatable bonds is 7. The Morgan fingerprint density at radius 2 is 1.63 bits per heavy atom. The number of ether oxygens (including phenoxy) is 1.